The summed E-state index contributed by atoms with van der Waals surface area (Å²) >= 11 is 5.91. The van der Waals surface area contributed by atoms with Crippen molar-refractivity contribution in [3.05, 3.63) is 77.8 Å². The number of para-hydroxylation sites is 1. The number of fused-ring (bicyclic) bond motifs is 1. The Hall–Kier alpha value is -2.96. The molecule has 4 aromatic rings. The number of hydrogen-bond donors (Lipinski definition) is 1. The van der Waals surface area contributed by atoms with Crippen LogP contribution < -0.4 is 5.48 Å². The highest BCUT2D eigenvalue weighted by Crippen LogP contribution is 2.18. The predicted molar refractivity (Wildman–Crippen MR) is 101 cm³/mol. The number of halogens is 1. The van der Waals surface area contributed by atoms with Gasteiger partial charge < -0.3 is 0 Å². The molecule has 26 heavy (non-hydrogen) atoms. The van der Waals surface area contributed by atoms with Gasteiger partial charge in [0.15, 0.2) is 5.82 Å². The van der Waals surface area contributed by atoms with Gasteiger partial charge in [0.2, 0.25) is 0 Å². The molecule has 130 valence electrons. The first kappa shape index (κ1) is 16.5. The van der Waals surface area contributed by atoms with Crippen LogP contribution in [-0.4, -0.2) is 26.4 Å². The van der Waals surface area contributed by atoms with Crippen LogP contribution in [0.25, 0.3) is 16.6 Å². The summed E-state index contributed by atoms with van der Waals surface area (Å²) in [7, 11) is 0. The molecule has 1 N–H and O–H groups in total. The first-order valence-electron chi connectivity index (χ1n) is 8.18. The topological polar surface area (TPSA) is 64.9 Å². The van der Waals surface area contributed by atoms with Gasteiger partial charge in [-0.25, -0.2) is 20.1 Å². The van der Waals surface area contributed by atoms with Crippen LogP contribution >= 0.6 is 11.6 Å². The van der Waals surface area contributed by atoms with Crippen LogP contribution in [0.2, 0.25) is 5.02 Å². The maximum atomic E-state index is 5.91. The first-order valence-corrected chi connectivity index (χ1v) is 8.55. The molecular weight excluding hydrogens is 350 g/mol. The van der Waals surface area contributed by atoms with E-state index in [0.29, 0.717) is 23.9 Å². The van der Waals surface area contributed by atoms with E-state index in [1.807, 2.05) is 65.5 Å². The van der Waals surface area contributed by atoms with Crippen molar-refractivity contribution in [2.45, 2.75) is 6.42 Å². The third-order valence-corrected chi connectivity index (χ3v) is 4.16. The van der Waals surface area contributed by atoms with Crippen molar-refractivity contribution in [2.75, 3.05) is 12.1 Å². The van der Waals surface area contributed by atoms with Crippen LogP contribution in [0.4, 0.5) is 5.82 Å². The van der Waals surface area contributed by atoms with Crippen LogP contribution in [0, 0.1) is 0 Å². The van der Waals surface area contributed by atoms with Gasteiger partial charge in [0.25, 0.3) is 0 Å². The molecule has 0 aliphatic heterocycles. The van der Waals surface area contributed by atoms with Crippen LogP contribution in [-0.2, 0) is 11.3 Å². The van der Waals surface area contributed by atoms with E-state index in [1.165, 1.54) is 6.33 Å². The molecule has 0 saturated carbocycles. The number of hydrogen-bond acceptors (Lipinski definition) is 5. The van der Waals surface area contributed by atoms with Gasteiger partial charge in [-0.1, -0.05) is 23.7 Å². The number of benzene rings is 2. The van der Waals surface area contributed by atoms with Gasteiger partial charge >= 0.3 is 0 Å². The van der Waals surface area contributed by atoms with Gasteiger partial charge in [-0.05, 0) is 42.5 Å². The summed E-state index contributed by atoms with van der Waals surface area (Å²) in [6, 6.07) is 17.3. The van der Waals surface area contributed by atoms with Crippen molar-refractivity contribution in [1.29, 1.82) is 0 Å². The predicted octanol–water partition coefficient (Wildman–Crippen LogP) is 4.06. The normalized spacial score (nSPS) is 11.0. The molecule has 0 amide bonds. The monoisotopic (exact) mass is 365 g/mol. The minimum absolute atomic E-state index is 0.468. The molecule has 0 aliphatic rings. The van der Waals surface area contributed by atoms with E-state index in [-0.39, 0.29) is 0 Å². The SMILES string of the molecule is Clc1ccc(-n2ccc(CCONc3ncnc4ccccc34)n2)cc1. The summed E-state index contributed by atoms with van der Waals surface area (Å²) in [6.07, 6.45) is 4.11. The van der Waals surface area contributed by atoms with E-state index in [9.17, 15) is 0 Å². The minimum atomic E-state index is 0.468. The third kappa shape index (κ3) is 3.66. The van der Waals surface area contributed by atoms with Crippen LogP contribution in [0.15, 0.2) is 67.1 Å². The lowest BCUT2D eigenvalue weighted by Crippen LogP contribution is -2.08. The second kappa shape index (κ2) is 7.51. The third-order valence-electron chi connectivity index (χ3n) is 3.91. The Labute approximate surface area is 155 Å². The summed E-state index contributed by atoms with van der Waals surface area (Å²) < 4.78 is 1.82. The second-order valence-electron chi connectivity index (χ2n) is 5.67. The van der Waals surface area contributed by atoms with E-state index in [0.717, 1.165) is 22.3 Å². The maximum Gasteiger partial charge on any atom is 0.160 e. The van der Waals surface area contributed by atoms with Gasteiger partial charge in [-0.15, -0.1) is 0 Å². The summed E-state index contributed by atoms with van der Waals surface area (Å²) in [6.45, 7) is 0.468. The van der Waals surface area contributed by atoms with E-state index in [4.69, 9.17) is 16.4 Å². The Morgan fingerprint density at radius 2 is 1.85 bits per heavy atom. The molecule has 0 radical (unpaired) electrons. The highest BCUT2D eigenvalue weighted by atomic mass is 35.5. The number of nitrogens with zero attached hydrogens (tertiary/aromatic N) is 4. The lowest BCUT2D eigenvalue weighted by Gasteiger charge is -2.07. The van der Waals surface area contributed by atoms with Gasteiger partial charge in [0, 0.05) is 23.0 Å². The summed E-state index contributed by atoms with van der Waals surface area (Å²) in [5.41, 5.74) is 5.68. The molecule has 0 fully saturated rings. The zero-order valence-corrected chi connectivity index (χ0v) is 14.6. The Bertz CT molecular complexity index is 1010. The van der Waals surface area contributed by atoms with Gasteiger partial charge in [0.1, 0.15) is 6.33 Å². The number of aromatic nitrogens is 4. The molecule has 0 aliphatic carbocycles. The Morgan fingerprint density at radius 1 is 1.00 bits per heavy atom. The lowest BCUT2D eigenvalue weighted by molar-refractivity contribution is 0.195. The zero-order valence-electron chi connectivity index (χ0n) is 13.8. The van der Waals surface area contributed by atoms with E-state index in [1.54, 1.807) is 0 Å². The molecule has 2 heterocycles. The number of nitrogens with one attached hydrogen (secondary N) is 1. The van der Waals surface area contributed by atoms with Gasteiger partial charge in [-0.3, -0.25) is 4.84 Å². The van der Waals surface area contributed by atoms with Crippen molar-refractivity contribution in [3.63, 3.8) is 0 Å². The smallest absolute Gasteiger partial charge is 0.160 e. The highest BCUT2D eigenvalue weighted by Gasteiger charge is 2.04. The van der Waals surface area contributed by atoms with Crippen LogP contribution in [0.3, 0.4) is 0 Å². The molecule has 0 spiro atoms. The fraction of sp³-hybridized carbons (Fsp3) is 0.105. The summed E-state index contributed by atoms with van der Waals surface area (Å²) in [5, 5.41) is 6.17. The molecule has 2 aromatic heterocycles. The number of anilines is 1. The quantitative estimate of drug-likeness (QED) is 0.412. The average Bonchev–Trinajstić information content (AvgIpc) is 3.15. The Morgan fingerprint density at radius 3 is 2.73 bits per heavy atom. The molecule has 0 atom stereocenters. The molecule has 7 heteroatoms. The van der Waals surface area contributed by atoms with Crippen molar-refractivity contribution in [2.24, 2.45) is 0 Å². The van der Waals surface area contributed by atoms with Gasteiger partial charge in [0.05, 0.1) is 23.5 Å². The molecular formula is C19H16ClN5O. The zero-order chi connectivity index (χ0) is 17.8. The average molecular weight is 366 g/mol. The second-order valence-corrected chi connectivity index (χ2v) is 6.10. The highest BCUT2D eigenvalue weighted by molar-refractivity contribution is 6.30. The van der Waals surface area contributed by atoms with Crippen LogP contribution in [0.5, 0.6) is 0 Å². The molecule has 4 rings (SSSR count). The minimum Gasteiger partial charge on any atom is -0.274 e. The standard InChI is InChI=1S/C19H16ClN5O/c20-14-5-7-16(8-6-14)25-11-9-15(23-25)10-12-26-24-19-17-3-1-2-4-18(17)21-13-22-19/h1-9,11,13H,10,12H2,(H,21,22,24). The van der Waals surface area contributed by atoms with E-state index >= 15 is 0 Å². The van der Waals surface area contributed by atoms with E-state index in [2.05, 4.69) is 20.5 Å². The van der Waals surface area contributed by atoms with Crippen LogP contribution in [0.1, 0.15) is 5.69 Å². The summed E-state index contributed by atoms with van der Waals surface area (Å²) in [5.74, 6) is 0.655. The fourth-order valence-electron chi connectivity index (χ4n) is 2.59. The van der Waals surface area contributed by atoms with Gasteiger partial charge in [-0.2, -0.15) is 5.10 Å². The molecule has 2 aromatic carbocycles. The number of rotatable bonds is 6. The largest absolute Gasteiger partial charge is 0.274 e. The van der Waals surface area contributed by atoms with Crippen molar-refractivity contribution in [3.8, 4) is 5.69 Å². The van der Waals surface area contributed by atoms with Crippen molar-refractivity contribution in [1.82, 2.24) is 19.7 Å². The lowest BCUT2D eigenvalue weighted by atomic mass is 10.2. The Kier molecular flexibility index (Phi) is 4.77. The maximum absolute atomic E-state index is 5.91. The fourth-order valence-corrected chi connectivity index (χ4v) is 2.72. The van der Waals surface area contributed by atoms with Crippen molar-refractivity contribution < 1.29 is 4.84 Å². The summed E-state index contributed by atoms with van der Waals surface area (Å²) in [4.78, 5) is 14.0. The molecule has 0 unspecified atom stereocenters. The molecule has 0 saturated heterocycles. The Balaban J connectivity index is 1.34. The van der Waals surface area contributed by atoms with E-state index < -0.39 is 0 Å². The molecule has 0 bridgehead atoms. The van der Waals surface area contributed by atoms with Crippen molar-refractivity contribution >= 4 is 28.3 Å². The molecule has 6 nitrogen and oxygen atoms in total. The first-order chi connectivity index (χ1) is 12.8.